The standard InChI is InChI=1S/C27H26ClF2N5O2/c1-33(17-25(29)30)16-24(19-3-2-4-20(28)11-19)35-6-5-18(12-26(35)36)23-15-32-27-22(23)13-21(14-31-27)34-7-9-37-10-8-34/h2-6,11-16,25H,7-10,17H2,1H3,(H,31,32)/b24-16+. The molecule has 192 valence electrons. The molecule has 4 aromatic rings. The highest BCUT2D eigenvalue weighted by molar-refractivity contribution is 6.30. The number of anilines is 1. The maximum atomic E-state index is 13.4. The van der Waals surface area contributed by atoms with Crippen molar-refractivity contribution in [2.75, 3.05) is 44.8 Å². The quantitative estimate of drug-likeness (QED) is 0.371. The largest absolute Gasteiger partial charge is 0.378 e. The fraction of sp³-hybridized carbons (Fsp3) is 0.259. The van der Waals surface area contributed by atoms with Crippen LogP contribution in [0.5, 0.6) is 0 Å². The molecule has 4 heterocycles. The van der Waals surface area contributed by atoms with Gasteiger partial charge in [-0.1, -0.05) is 23.7 Å². The van der Waals surface area contributed by atoms with E-state index in [2.05, 4.69) is 20.9 Å². The van der Waals surface area contributed by atoms with E-state index in [1.165, 1.54) is 21.7 Å². The number of benzene rings is 1. The van der Waals surface area contributed by atoms with Crippen molar-refractivity contribution in [1.29, 1.82) is 0 Å². The Balaban J connectivity index is 1.54. The van der Waals surface area contributed by atoms with Crippen molar-refractivity contribution in [3.8, 4) is 11.1 Å². The summed E-state index contributed by atoms with van der Waals surface area (Å²) in [5.74, 6) is 0. The first-order valence-corrected chi connectivity index (χ1v) is 12.3. The molecule has 1 N–H and O–H groups in total. The first-order chi connectivity index (χ1) is 17.9. The number of pyridine rings is 2. The lowest BCUT2D eigenvalue weighted by atomic mass is 10.1. The van der Waals surface area contributed by atoms with Crippen LogP contribution in [0.3, 0.4) is 0 Å². The van der Waals surface area contributed by atoms with E-state index in [-0.39, 0.29) is 5.56 Å². The number of nitrogens with one attached hydrogen (secondary N) is 1. The van der Waals surface area contributed by atoms with Crippen molar-refractivity contribution in [2.24, 2.45) is 0 Å². The smallest absolute Gasteiger partial charge is 0.255 e. The van der Waals surface area contributed by atoms with E-state index in [0.717, 1.165) is 40.9 Å². The Hall–Kier alpha value is -3.69. The summed E-state index contributed by atoms with van der Waals surface area (Å²) in [5.41, 5.74) is 4.07. The molecule has 0 radical (unpaired) electrons. The average molecular weight is 526 g/mol. The number of alkyl halides is 2. The zero-order chi connectivity index (χ0) is 25.9. The van der Waals surface area contributed by atoms with Crippen molar-refractivity contribution < 1.29 is 13.5 Å². The molecule has 0 bridgehead atoms. The minimum atomic E-state index is -2.52. The second kappa shape index (κ2) is 10.7. The predicted octanol–water partition coefficient (Wildman–Crippen LogP) is 4.93. The van der Waals surface area contributed by atoms with E-state index < -0.39 is 13.0 Å². The van der Waals surface area contributed by atoms with Crippen LogP contribution in [0.15, 0.2) is 72.0 Å². The average Bonchev–Trinajstić information content (AvgIpc) is 3.31. The van der Waals surface area contributed by atoms with Gasteiger partial charge in [0.2, 0.25) is 0 Å². The highest BCUT2D eigenvalue weighted by atomic mass is 35.5. The maximum Gasteiger partial charge on any atom is 0.255 e. The molecule has 1 fully saturated rings. The van der Waals surface area contributed by atoms with Crippen LogP contribution in [-0.4, -0.2) is 65.8 Å². The van der Waals surface area contributed by atoms with Gasteiger partial charge in [-0.05, 0) is 29.8 Å². The van der Waals surface area contributed by atoms with Crippen molar-refractivity contribution in [3.63, 3.8) is 0 Å². The Morgan fingerprint density at radius 2 is 2.05 bits per heavy atom. The molecule has 0 unspecified atom stereocenters. The van der Waals surface area contributed by atoms with Gasteiger partial charge in [0.1, 0.15) is 5.65 Å². The van der Waals surface area contributed by atoms with E-state index in [4.69, 9.17) is 16.3 Å². The molecule has 0 atom stereocenters. The van der Waals surface area contributed by atoms with Gasteiger partial charge in [0.15, 0.2) is 0 Å². The van der Waals surface area contributed by atoms with Crippen LogP contribution in [0.4, 0.5) is 14.5 Å². The van der Waals surface area contributed by atoms with Gasteiger partial charge >= 0.3 is 0 Å². The van der Waals surface area contributed by atoms with E-state index in [1.807, 2.05) is 18.5 Å². The fourth-order valence-corrected chi connectivity index (χ4v) is 4.66. The Morgan fingerprint density at radius 3 is 2.78 bits per heavy atom. The molecule has 1 aliphatic heterocycles. The molecule has 1 aromatic carbocycles. The lowest BCUT2D eigenvalue weighted by molar-refractivity contribution is 0.117. The number of H-pyrrole nitrogens is 1. The molecule has 10 heteroatoms. The number of rotatable bonds is 7. The van der Waals surface area contributed by atoms with Gasteiger partial charge in [-0.2, -0.15) is 0 Å². The molecule has 7 nitrogen and oxygen atoms in total. The van der Waals surface area contributed by atoms with Gasteiger partial charge in [-0.3, -0.25) is 9.36 Å². The van der Waals surface area contributed by atoms with Crippen LogP contribution in [-0.2, 0) is 4.74 Å². The summed E-state index contributed by atoms with van der Waals surface area (Å²) >= 11 is 6.19. The third kappa shape index (κ3) is 5.52. The van der Waals surface area contributed by atoms with Gasteiger partial charge in [-0.15, -0.1) is 0 Å². The van der Waals surface area contributed by atoms with Crippen molar-refractivity contribution in [2.45, 2.75) is 6.43 Å². The lowest BCUT2D eigenvalue weighted by Crippen LogP contribution is -2.36. The SMILES string of the molecule is CN(/C=C(\c1cccc(Cl)c1)n1ccc(-c2c[nH]c3ncc(N4CCOCC4)cc23)cc1=O)CC(F)F. The van der Waals surface area contributed by atoms with Gasteiger partial charge in [0.25, 0.3) is 12.0 Å². The monoisotopic (exact) mass is 525 g/mol. The minimum absolute atomic E-state index is 0.305. The van der Waals surface area contributed by atoms with Crippen LogP contribution >= 0.6 is 11.6 Å². The van der Waals surface area contributed by atoms with Crippen molar-refractivity contribution in [3.05, 3.63) is 88.2 Å². The summed E-state index contributed by atoms with van der Waals surface area (Å²) in [7, 11) is 1.54. The Bertz CT molecular complexity index is 1490. The number of halogens is 3. The lowest BCUT2D eigenvalue weighted by Gasteiger charge is -2.28. The Kier molecular flexibility index (Phi) is 7.25. The predicted molar refractivity (Wildman–Crippen MR) is 142 cm³/mol. The Morgan fingerprint density at radius 1 is 1.24 bits per heavy atom. The number of aromatic nitrogens is 3. The molecule has 0 spiro atoms. The number of aromatic amines is 1. The molecule has 0 aliphatic carbocycles. The maximum absolute atomic E-state index is 13.4. The fourth-order valence-electron chi connectivity index (χ4n) is 4.47. The second-order valence-electron chi connectivity index (χ2n) is 8.87. The molecule has 1 aliphatic rings. The summed E-state index contributed by atoms with van der Waals surface area (Å²) in [4.78, 5) is 24.7. The van der Waals surface area contributed by atoms with Crippen molar-refractivity contribution >= 4 is 34.0 Å². The van der Waals surface area contributed by atoms with E-state index in [9.17, 15) is 13.6 Å². The number of hydrogen-bond donors (Lipinski definition) is 1. The summed E-state index contributed by atoms with van der Waals surface area (Å²) in [6.45, 7) is 2.46. The third-order valence-electron chi connectivity index (χ3n) is 6.27. The van der Waals surface area contributed by atoms with Crippen LogP contribution in [0.1, 0.15) is 5.56 Å². The molecule has 0 saturated carbocycles. The first kappa shape index (κ1) is 25.0. The van der Waals surface area contributed by atoms with Crippen molar-refractivity contribution in [1.82, 2.24) is 19.4 Å². The normalized spacial score (nSPS) is 14.5. The van der Waals surface area contributed by atoms with Gasteiger partial charge < -0.3 is 19.5 Å². The zero-order valence-corrected chi connectivity index (χ0v) is 21.0. The Labute approximate surface area is 217 Å². The third-order valence-corrected chi connectivity index (χ3v) is 6.51. The highest BCUT2D eigenvalue weighted by Gasteiger charge is 2.16. The summed E-state index contributed by atoms with van der Waals surface area (Å²) in [5, 5.41) is 1.38. The first-order valence-electron chi connectivity index (χ1n) is 11.9. The van der Waals surface area contributed by atoms with Crippen LogP contribution < -0.4 is 10.5 Å². The molecule has 37 heavy (non-hydrogen) atoms. The number of hydrogen-bond acceptors (Lipinski definition) is 5. The molecule has 3 aromatic heterocycles. The number of morpholine rings is 1. The van der Waals surface area contributed by atoms with E-state index in [0.29, 0.717) is 29.5 Å². The molecule has 1 saturated heterocycles. The van der Waals surface area contributed by atoms with Gasteiger partial charge in [0, 0.05) is 66.3 Å². The highest BCUT2D eigenvalue weighted by Crippen LogP contribution is 2.30. The minimum Gasteiger partial charge on any atom is -0.378 e. The summed E-state index contributed by atoms with van der Waals surface area (Å²) in [6.07, 6.45) is 4.34. The molecule has 5 rings (SSSR count). The van der Waals surface area contributed by atoms with Crippen LogP contribution in [0.25, 0.3) is 27.9 Å². The van der Waals surface area contributed by atoms with Gasteiger partial charge in [0.05, 0.1) is 37.3 Å². The zero-order valence-electron chi connectivity index (χ0n) is 20.2. The second-order valence-corrected chi connectivity index (χ2v) is 9.31. The topological polar surface area (TPSA) is 66.4 Å². The number of fused-ring (bicyclic) bond motifs is 1. The van der Waals surface area contributed by atoms with Crippen LogP contribution in [0.2, 0.25) is 5.02 Å². The van der Waals surface area contributed by atoms with E-state index >= 15 is 0 Å². The van der Waals surface area contributed by atoms with Gasteiger partial charge in [-0.25, -0.2) is 13.8 Å². The van der Waals surface area contributed by atoms with Crippen LogP contribution in [0, 0.1) is 0 Å². The molecular weight excluding hydrogens is 500 g/mol. The summed E-state index contributed by atoms with van der Waals surface area (Å²) < 4.78 is 32.9. The summed E-state index contributed by atoms with van der Waals surface area (Å²) in [6, 6.07) is 12.4. The molecular formula is C27H26ClF2N5O2. The van der Waals surface area contributed by atoms with E-state index in [1.54, 1.807) is 37.5 Å². The molecule has 0 amide bonds. The number of nitrogens with zero attached hydrogens (tertiary/aromatic N) is 4. The number of ether oxygens (including phenoxy) is 1.